The summed E-state index contributed by atoms with van der Waals surface area (Å²) in [5, 5.41) is 0.708. The number of nitrogens with two attached hydrogens (primary N) is 1. The summed E-state index contributed by atoms with van der Waals surface area (Å²) in [5.41, 5.74) is 5.33. The van der Waals surface area contributed by atoms with Crippen molar-refractivity contribution < 1.29 is 0 Å². The Labute approximate surface area is 56.0 Å². The molecular formula is C6H15NS. The maximum atomic E-state index is 5.33. The molecule has 0 rings (SSSR count). The van der Waals surface area contributed by atoms with E-state index in [9.17, 15) is 0 Å². The molecule has 2 N–H and O–H groups in total. The Morgan fingerprint density at radius 1 is 1.38 bits per heavy atom. The fourth-order valence-electron chi connectivity index (χ4n) is 0.344. The van der Waals surface area contributed by atoms with Gasteiger partial charge in [0.2, 0.25) is 0 Å². The molecule has 0 radical (unpaired) electrons. The van der Waals surface area contributed by atoms with E-state index in [1.807, 2.05) is 11.8 Å². The van der Waals surface area contributed by atoms with Crippen LogP contribution in [-0.4, -0.2) is 11.1 Å². The van der Waals surface area contributed by atoms with E-state index in [0.29, 0.717) is 5.25 Å². The molecule has 50 valence electrons. The van der Waals surface area contributed by atoms with Gasteiger partial charge in [0.25, 0.3) is 0 Å². The maximum absolute atomic E-state index is 5.33. The second kappa shape index (κ2) is 4.21. The van der Waals surface area contributed by atoms with Gasteiger partial charge >= 0.3 is 0 Å². The van der Waals surface area contributed by atoms with E-state index in [0.717, 1.165) is 11.8 Å². The highest BCUT2D eigenvalue weighted by Gasteiger charge is 2.04. The summed E-state index contributed by atoms with van der Waals surface area (Å²) in [6.07, 6.45) is 0. The van der Waals surface area contributed by atoms with E-state index in [2.05, 4.69) is 20.8 Å². The minimum absolute atomic E-state index is 0.708. The van der Waals surface area contributed by atoms with Crippen LogP contribution in [0.5, 0.6) is 0 Å². The van der Waals surface area contributed by atoms with Gasteiger partial charge in [-0.1, -0.05) is 20.8 Å². The predicted molar refractivity (Wildman–Crippen MR) is 40.9 cm³/mol. The van der Waals surface area contributed by atoms with Crippen LogP contribution in [-0.2, 0) is 0 Å². The Kier molecular flexibility index (Phi) is 4.38. The molecule has 8 heavy (non-hydrogen) atoms. The van der Waals surface area contributed by atoms with Crippen LogP contribution in [0.2, 0.25) is 0 Å². The Morgan fingerprint density at radius 2 is 1.88 bits per heavy atom. The summed E-state index contributed by atoms with van der Waals surface area (Å²) < 4.78 is 0. The normalized spacial score (nSPS) is 14.6. The standard InChI is InChI=1S/C6H15NS/c1-5(2)6(3)8-4-7/h5-6H,4,7H2,1-3H3. The SMILES string of the molecule is CC(C)C(C)SCN. The van der Waals surface area contributed by atoms with Crippen molar-refractivity contribution in [2.45, 2.75) is 26.0 Å². The first-order valence-electron chi connectivity index (χ1n) is 3.00. The zero-order valence-electron chi connectivity index (χ0n) is 5.85. The largest absolute Gasteiger partial charge is 0.322 e. The second-order valence-electron chi connectivity index (χ2n) is 2.28. The lowest BCUT2D eigenvalue weighted by atomic mass is 10.2. The van der Waals surface area contributed by atoms with Crippen molar-refractivity contribution in [3.8, 4) is 0 Å². The topological polar surface area (TPSA) is 26.0 Å². The summed E-state index contributed by atoms with van der Waals surface area (Å²) >= 11 is 1.82. The van der Waals surface area contributed by atoms with Gasteiger partial charge in [0, 0.05) is 11.1 Å². The number of rotatable bonds is 3. The molecule has 0 amide bonds. The average Bonchev–Trinajstić information content (AvgIpc) is 1.67. The van der Waals surface area contributed by atoms with E-state index in [-0.39, 0.29) is 0 Å². The molecule has 0 aromatic carbocycles. The van der Waals surface area contributed by atoms with Crippen LogP contribution in [0.25, 0.3) is 0 Å². The van der Waals surface area contributed by atoms with Crippen LogP contribution in [0.4, 0.5) is 0 Å². The van der Waals surface area contributed by atoms with Gasteiger partial charge in [-0.2, -0.15) is 0 Å². The molecular weight excluding hydrogens is 118 g/mol. The van der Waals surface area contributed by atoms with Crippen LogP contribution >= 0.6 is 11.8 Å². The number of hydrogen-bond donors (Lipinski definition) is 1. The highest BCUT2D eigenvalue weighted by atomic mass is 32.2. The molecule has 0 saturated heterocycles. The van der Waals surface area contributed by atoms with Gasteiger partial charge in [0.15, 0.2) is 0 Å². The summed E-state index contributed by atoms with van der Waals surface area (Å²) in [7, 11) is 0. The molecule has 0 aliphatic heterocycles. The van der Waals surface area contributed by atoms with Crippen LogP contribution in [0.3, 0.4) is 0 Å². The summed E-state index contributed by atoms with van der Waals surface area (Å²) in [6.45, 7) is 6.64. The van der Waals surface area contributed by atoms with Gasteiger partial charge in [-0.15, -0.1) is 11.8 Å². The zero-order valence-corrected chi connectivity index (χ0v) is 6.66. The molecule has 0 fully saturated rings. The first-order chi connectivity index (χ1) is 3.68. The van der Waals surface area contributed by atoms with Crippen molar-refractivity contribution in [2.75, 3.05) is 5.88 Å². The third kappa shape index (κ3) is 3.33. The highest BCUT2D eigenvalue weighted by molar-refractivity contribution is 7.99. The smallest absolute Gasteiger partial charge is 0.0395 e. The van der Waals surface area contributed by atoms with Gasteiger partial charge < -0.3 is 5.73 Å². The van der Waals surface area contributed by atoms with Gasteiger partial charge in [-0.25, -0.2) is 0 Å². The molecule has 0 saturated carbocycles. The molecule has 1 nitrogen and oxygen atoms in total. The molecule has 0 aromatic heterocycles. The van der Waals surface area contributed by atoms with E-state index in [1.165, 1.54) is 0 Å². The predicted octanol–water partition coefficient (Wildman–Crippen LogP) is 1.68. The molecule has 1 unspecified atom stereocenters. The van der Waals surface area contributed by atoms with Crippen LogP contribution in [0.1, 0.15) is 20.8 Å². The lowest BCUT2D eigenvalue weighted by Crippen LogP contribution is -2.09. The summed E-state index contributed by atoms with van der Waals surface area (Å²) in [6, 6.07) is 0. The number of hydrogen-bond acceptors (Lipinski definition) is 2. The maximum Gasteiger partial charge on any atom is 0.0395 e. The van der Waals surface area contributed by atoms with E-state index in [4.69, 9.17) is 5.73 Å². The molecule has 0 aliphatic rings. The Hall–Kier alpha value is 0.310. The molecule has 0 spiro atoms. The van der Waals surface area contributed by atoms with Gasteiger partial charge in [0.05, 0.1) is 0 Å². The Bertz CT molecular complexity index is 54.5. The Morgan fingerprint density at radius 3 is 2.00 bits per heavy atom. The minimum Gasteiger partial charge on any atom is -0.322 e. The molecule has 2 heteroatoms. The van der Waals surface area contributed by atoms with Crippen molar-refractivity contribution in [2.24, 2.45) is 11.7 Å². The third-order valence-electron chi connectivity index (χ3n) is 1.30. The first kappa shape index (κ1) is 8.31. The molecule has 0 aliphatic carbocycles. The van der Waals surface area contributed by atoms with Crippen LogP contribution < -0.4 is 5.73 Å². The zero-order chi connectivity index (χ0) is 6.57. The molecule has 1 atom stereocenters. The quantitative estimate of drug-likeness (QED) is 0.593. The van der Waals surface area contributed by atoms with Crippen molar-refractivity contribution in [3.63, 3.8) is 0 Å². The van der Waals surface area contributed by atoms with Crippen LogP contribution in [0.15, 0.2) is 0 Å². The van der Waals surface area contributed by atoms with E-state index < -0.39 is 0 Å². The molecule has 0 aromatic rings. The second-order valence-corrected chi connectivity index (χ2v) is 3.69. The molecule has 0 bridgehead atoms. The minimum atomic E-state index is 0.708. The van der Waals surface area contributed by atoms with Crippen molar-refractivity contribution in [1.29, 1.82) is 0 Å². The fraction of sp³-hybridized carbons (Fsp3) is 1.00. The summed E-state index contributed by atoms with van der Waals surface area (Å²) in [4.78, 5) is 0. The Balaban J connectivity index is 3.17. The van der Waals surface area contributed by atoms with Crippen molar-refractivity contribution in [3.05, 3.63) is 0 Å². The fourth-order valence-corrected chi connectivity index (χ4v) is 1.03. The van der Waals surface area contributed by atoms with Crippen molar-refractivity contribution >= 4 is 11.8 Å². The van der Waals surface area contributed by atoms with Gasteiger partial charge in [0.1, 0.15) is 0 Å². The average molecular weight is 133 g/mol. The third-order valence-corrected chi connectivity index (χ3v) is 2.56. The monoisotopic (exact) mass is 133 g/mol. The summed E-state index contributed by atoms with van der Waals surface area (Å²) in [5.74, 6) is 1.50. The lowest BCUT2D eigenvalue weighted by Gasteiger charge is -2.12. The molecule has 0 heterocycles. The van der Waals surface area contributed by atoms with Crippen LogP contribution in [0, 0.1) is 5.92 Å². The number of thioether (sulfide) groups is 1. The highest BCUT2D eigenvalue weighted by Crippen LogP contribution is 2.15. The van der Waals surface area contributed by atoms with Gasteiger partial charge in [-0.3, -0.25) is 0 Å². The lowest BCUT2D eigenvalue weighted by molar-refractivity contribution is 0.642. The van der Waals surface area contributed by atoms with Gasteiger partial charge in [-0.05, 0) is 5.92 Å². The van der Waals surface area contributed by atoms with Crippen molar-refractivity contribution in [1.82, 2.24) is 0 Å². The first-order valence-corrected chi connectivity index (χ1v) is 4.05. The van der Waals surface area contributed by atoms with E-state index in [1.54, 1.807) is 0 Å². The van der Waals surface area contributed by atoms with E-state index >= 15 is 0 Å².